The molecule has 11 heavy (non-hydrogen) atoms. The molecule has 0 N–H and O–H groups in total. The van der Waals surface area contributed by atoms with Crippen LogP contribution in [0.2, 0.25) is 0 Å². The molecule has 1 aliphatic heterocycles. The highest BCUT2D eigenvalue weighted by molar-refractivity contribution is 5.06. The number of hydrogen-bond donors (Lipinski definition) is 0. The summed E-state index contributed by atoms with van der Waals surface area (Å²) >= 11 is 0. The van der Waals surface area contributed by atoms with Crippen molar-refractivity contribution in [3.05, 3.63) is 11.6 Å². The molecule has 1 aliphatic rings. The predicted molar refractivity (Wildman–Crippen MR) is 47.6 cm³/mol. The minimum Gasteiger partial charge on any atom is -0.368 e. The van der Waals surface area contributed by atoms with Crippen LogP contribution in [0, 0.1) is 0 Å². The van der Waals surface area contributed by atoms with Crippen molar-refractivity contribution >= 4 is 0 Å². The summed E-state index contributed by atoms with van der Waals surface area (Å²) in [5.41, 5.74) is 1.48. The second-order valence-electron chi connectivity index (χ2n) is 3.94. The highest BCUT2D eigenvalue weighted by Crippen LogP contribution is 2.32. The van der Waals surface area contributed by atoms with Gasteiger partial charge in [0.15, 0.2) is 0 Å². The van der Waals surface area contributed by atoms with Crippen LogP contribution in [-0.4, -0.2) is 11.7 Å². The summed E-state index contributed by atoms with van der Waals surface area (Å²) in [4.78, 5) is 0. The molecule has 0 saturated carbocycles. The Morgan fingerprint density at radius 2 is 2.18 bits per heavy atom. The van der Waals surface area contributed by atoms with Gasteiger partial charge in [-0.25, -0.2) is 0 Å². The molecule has 1 fully saturated rings. The summed E-state index contributed by atoms with van der Waals surface area (Å²) in [7, 11) is 0. The number of rotatable bonds is 1. The monoisotopic (exact) mass is 154 g/mol. The minimum atomic E-state index is 0.106. The normalized spacial score (nSPS) is 30.9. The highest BCUT2D eigenvalue weighted by Gasteiger charge is 2.31. The largest absolute Gasteiger partial charge is 0.368 e. The molecule has 64 valence electrons. The van der Waals surface area contributed by atoms with E-state index in [-0.39, 0.29) is 5.60 Å². The average molecular weight is 154 g/mol. The van der Waals surface area contributed by atoms with E-state index in [2.05, 4.69) is 33.8 Å². The lowest BCUT2D eigenvalue weighted by Crippen LogP contribution is -2.20. The Labute approximate surface area is 69.4 Å². The van der Waals surface area contributed by atoms with Crippen molar-refractivity contribution in [2.24, 2.45) is 0 Å². The van der Waals surface area contributed by atoms with Crippen LogP contribution in [0.15, 0.2) is 11.6 Å². The van der Waals surface area contributed by atoms with Gasteiger partial charge in [-0.3, -0.25) is 0 Å². The third-order valence-electron chi connectivity index (χ3n) is 2.43. The predicted octanol–water partition coefficient (Wildman–Crippen LogP) is 2.91. The molecule has 0 aromatic rings. The van der Waals surface area contributed by atoms with Gasteiger partial charge >= 0.3 is 0 Å². The first-order valence-electron chi connectivity index (χ1n) is 4.36. The van der Waals surface area contributed by atoms with Gasteiger partial charge in [-0.05, 0) is 46.1 Å². The van der Waals surface area contributed by atoms with Crippen LogP contribution in [-0.2, 0) is 4.74 Å². The van der Waals surface area contributed by atoms with E-state index in [0.717, 1.165) is 0 Å². The van der Waals surface area contributed by atoms with Crippen molar-refractivity contribution in [1.29, 1.82) is 0 Å². The van der Waals surface area contributed by atoms with E-state index in [1.807, 2.05) is 0 Å². The van der Waals surface area contributed by atoms with Gasteiger partial charge < -0.3 is 4.74 Å². The first-order valence-corrected chi connectivity index (χ1v) is 4.36. The smallest absolute Gasteiger partial charge is 0.0790 e. The van der Waals surface area contributed by atoms with Crippen LogP contribution in [0.5, 0.6) is 0 Å². The van der Waals surface area contributed by atoms with Gasteiger partial charge in [-0.2, -0.15) is 0 Å². The molecule has 1 atom stereocenters. The molecule has 1 nitrogen and oxygen atoms in total. The maximum Gasteiger partial charge on any atom is 0.0790 e. The summed E-state index contributed by atoms with van der Waals surface area (Å²) in [6, 6.07) is 0. The van der Waals surface area contributed by atoms with Crippen LogP contribution >= 0.6 is 0 Å². The van der Waals surface area contributed by atoms with Crippen molar-refractivity contribution < 1.29 is 4.74 Å². The van der Waals surface area contributed by atoms with Gasteiger partial charge in [0, 0.05) is 0 Å². The zero-order valence-corrected chi connectivity index (χ0v) is 7.98. The summed E-state index contributed by atoms with van der Waals surface area (Å²) < 4.78 is 5.83. The summed E-state index contributed by atoms with van der Waals surface area (Å²) in [6.07, 6.45) is 4.90. The summed E-state index contributed by atoms with van der Waals surface area (Å²) in [6.45, 7) is 8.54. The van der Waals surface area contributed by atoms with E-state index in [1.165, 1.54) is 18.4 Å². The number of hydrogen-bond acceptors (Lipinski definition) is 1. The minimum absolute atomic E-state index is 0.106. The Kier molecular flexibility index (Phi) is 2.38. The van der Waals surface area contributed by atoms with Crippen LogP contribution in [0.3, 0.4) is 0 Å². The molecule has 0 aliphatic carbocycles. The Bertz CT molecular complexity index is 168. The molecule has 0 spiro atoms. The maximum atomic E-state index is 5.83. The molecule has 0 aromatic carbocycles. The molecule has 1 unspecified atom stereocenters. The van der Waals surface area contributed by atoms with Crippen molar-refractivity contribution in [3.8, 4) is 0 Å². The standard InChI is InChI=1S/C10H18O/c1-5-8(2)9-6-7-10(3,4)11-9/h5,9H,6-7H2,1-4H3/b8-5+. The lowest BCUT2D eigenvalue weighted by atomic mass is 10.0. The molecule has 0 amide bonds. The van der Waals surface area contributed by atoms with Gasteiger partial charge in [0.05, 0.1) is 11.7 Å². The fraction of sp³-hybridized carbons (Fsp3) is 0.800. The molecule has 0 bridgehead atoms. The SMILES string of the molecule is C/C=C(\C)C1CCC(C)(C)O1. The molecular formula is C10H18O. The Hall–Kier alpha value is -0.300. The third kappa shape index (κ3) is 2.06. The quantitative estimate of drug-likeness (QED) is 0.528. The van der Waals surface area contributed by atoms with Crippen molar-refractivity contribution in [1.82, 2.24) is 0 Å². The average Bonchev–Trinajstić information content (AvgIpc) is 2.29. The lowest BCUT2D eigenvalue weighted by Gasteiger charge is -2.19. The zero-order chi connectivity index (χ0) is 8.48. The van der Waals surface area contributed by atoms with Gasteiger partial charge in [-0.1, -0.05) is 6.08 Å². The van der Waals surface area contributed by atoms with Crippen LogP contribution < -0.4 is 0 Å². The van der Waals surface area contributed by atoms with E-state index >= 15 is 0 Å². The zero-order valence-electron chi connectivity index (χ0n) is 7.98. The number of ether oxygens (including phenoxy) is 1. The maximum absolute atomic E-state index is 5.83. The lowest BCUT2D eigenvalue weighted by molar-refractivity contribution is 0.000500. The molecule has 0 radical (unpaired) electrons. The molecule has 0 aromatic heterocycles. The van der Waals surface area contributed by atoms with Crippen molar-refractivity contribution in [3.63, 3.8) is 0 Å². The van der Waals surface area contributed by atoms with Gasteiger partial charge in [0.25, 0.3) is 0 Å². The van der Waals surface area contributed by atoms with Crippen LogP contribution in [0.4, 0.5) is 0 Å². The van der Waals surface area contributed by atoms with E-state index in [4.69, 9.17) is 4.74 Å². The first-order chi connectivity index (χ1) is 5.05. The van der Waals surface area contributed by atoms with Crippen molar-refractivity contribution in [2.75, 3.05) is 0 Å². The van der Waals surface area contributed by atoms with E-state index in [9.17, 15) is 0 Å². The molecule has 1 heterocycles. The van der Waals surface area contributed by atoms with Gasteiger partial charge in [0.2, 0.25) is 0 Å². The second kappa shape index (κ2) is 2.98. The summed E-state index contributed by atoms with van der Waals surface area (Å²) in [5.74, 6) is 0. The van der Waals surface area contributed by atoms with Crippen molar-refractivity contribution in [2.45, 2.75) is 52.2 Å². The Morgan fingerprint density at radius 3 is 2.55 bits per heavy atom. The number of allylic oxidation sites excluding steroid dienone is 1. The molecule has 1 rings (SSSR count). The van der Waals surface area contributed by atoms with Crippen LogP contribution in [0.1, 0.15) is 40.5 Å². The van der Waals surface area contributed by atoms with E-state index in [1.54, 1.807) is 0 Å². The van der Waals surface area contributed by atoms with Gasteiger partial charge in [0.1, 0.15) is 0 Å². The molecular weight excluding hydrogens is 136 g/mol. The van der Waals surface area contributed by atoms with E-state index in [0.29, 0.717) is 6.10 Å². The van der Waals surface area contributed by atoms with Gasteiger partial charge in [-0.15, -0.1) is 0 Å². The molecule has 1 saturated heterocycles. The third-order valence-corrected chi connectivity index (χ3v) is 2.43. The molecule has 1 heteroatoms. The fourth-order valence-corrected chi connectivity index (χ4v) is 1.49. The Morgan fingerprint density at radius 1 is 1.55 bits per heavy atom. The van der Waals surface area contributed by atoms with E-state index < -0.39 is 0 Å². The highest BCUT2D eigenvalue weighted by atomic mass is 16.5. The second-order valence-corrected chi connectivity index (χ2v) is 3.94. The fourth-order valence-electron chi connectivity index (χ4n) is 1.49. The summed E-state index contributed by atoms with van der Waals surface area (Å²) in [5, 5.41) is 0. The topological polar surface area (TPSA) is 9.23 Å². The van der Waals surface area contributed by atoms with Crippen LogP contribution in [0.25, 0.3) is 0 Å². The Balaban J connectivity index is 2.55. The first kappa shape index (κ1) is 8.79.